The second-order valence-electron chi connectivity index (χ2n) is 4.80. The molecule has 0 aliphatic carbocycles. The van der Waals surface area contributed by atoms with E-state index in [-0.39, 0.29) is 5.92 Å². The molecular weight excluding hydrogens is 182 g/mol. The lowest BCUT2D eigenvalue weighted by Crippen LogP contribution is -2.46. The molecule has 0 amide bonds. The fourth-order valence-corrected chi connectivity index (χ4v) is 0.884. The Morgan fingerprint density at radius 2 is 1.79 bits per heavy atom. The molecule has 14 heavy (non-hydrogen) atoms. The van der Waals surface area contributed by atoms with Crippen LogP contribution < -0.4 is 5.73 Å². The minimum atomic E-state index is -1.24. The molecule has 0 aromatic carbocycles. The molecule has 0 aliphatic heterocycles. The number of carbonyl (C=O) groups excluding carboxylic acids is 1. The highest BCUT2D eigenvalue weighted by atomic mass is 16.6. The lowest BCUT2D eigenvalue weighted by Gasteiger charge is -2.25. The zero-order valence-electron chi connectivity index (χ0n) is 9.57. The summed E-state index contributed by atoms with van der Waals surface area (Å²) in [5.74, 6) is -0.615. The van der Waals surface area contributed by atoms with Crippen LogP contribution in [0.4, 0.5) is 0 Å². The molecule has 0 saturated heterocycles. The molecule has 0 aliphatic rings. The van der Waals surface area contributed by atoms with Crippen molar-refractivity contribution in [3.05, 3.63) is 0 Å². The first-order chi connectivity index (χ1) is 6.15. The van der Waals surface area contributed by atoms with E-state index in [0.717, 1.165) is 0 Å². The van der Waals surface area contributed by atoms with E-state index in [1.165, 1.54) is 0 Å². The quantitative estimate of drug-likeness (QED) is 0.661. The number of hydrogen-bond acceptors (Lipinski definition) is 4. The number of aliphatic hydroxyl groups excluding tert-OH is 1. The van der Waals surface area contributed by atoms with Gasteiger partial charge in [-0.2, -0.15) is 0 Å². The number of esters is 1. The van der Waals surface area contributed by atoms with Crippen LogP contribution in [0.5, 0.6) is 0 Å². The van der Waals surface area contributed by atoms with Crippen molar-refractivity contribution in [3.63, 3.8) is 0 Å². The van der Waals surface area contributed by atoms with Crippen molar-refractivity contribution in [2.75, 3.05) is 0 Å². The number of nitrogens with two attached hydrogens (primary N) is 1. The fraction of sp³-hybridized carbons (Fsp3) is 0.900. The summed E-state index contributed by atoms with van der Waals surface area (Å²) in [7, 11) is 0. The van der Waals surface area contributed by atoms with Gasteiger partial charge in [-0.1, -0.05) is 13.8 Å². The third-order valence-corrected chi connectivity index (χ3v) is 1.78. The second-order valence-corrected chi connectivity index (χ2v) is 4.80. The SMILES string of the molecule is CC(C)[C@H](N)[C@H](O)C(=O)OC(C)(C)C. The summed E-state index contributed by atoms with van der Waals surface area (Å²) >= 11 is 0. The first kappa shape index (κ1) is 13.4. The Balaban J connectivity index is 4.26. The summed E-state index contributed by atoms with van der Waals surface area (Å²) in [6.07, 6.45) is -1.24. The highest BCUT2D eigenvalue weighted by molar-refractivity contribution is 5.75. The van der Waals surface area contributed by atoms with Gasteiger partial charge in [0, 0.05) is 6.04 Å². The van der Waals surface area contributed by atoms with Crippen LogP contribution in [0.3, 0.4) is 0 Å². The van der Waals surface area contributed by atoms with Gasteiger partial charge in [0.15, 0.2) is 6.10 Å². The minimum Gasteiger partial charge on any atom is -0.458 e. The number of ether oxygens (including phenoxy) is 1. The molecule has 0 rings (SSSR count). The fourth-order valence-electron chi connectivity index (χ4n) is 0.884. The number of rotatable bonds is 3. The largest absolute Gasteiger partial charge is 0.458 e. The molecule has 0 aromatic heterocycles. The van der Waals surface area contributed by atoms with E-state index in [0.29, 0.717) is 0 Å². The maximum atomic E-state index is 11.4. The normalized spacial score (nSPS) is 16.6. The molecule has 4 nitrogen and oxygen atoms in total. The van der Waals surface area contributed by atoms with Crippen LogP contribution in [0.15, 0.2) is 0 Å². The van der Waals surface area contributed by atoms with Gasteiger partial charge in [0.25, 0.3) is 0 Å². The van der Waals surface area contributed by atoms with Crippen LogP contribution in [0.2, 0.25) is 0 Å². The number of hydrogen-bond donors (Lipinski definition) is 2. The topological polar surface area (TPSA) is 72.5 Å². The van der Waals surface area contributed by atoms with E-state index in [9.17, 15) is 9.90 Å². The van der Waals surface area contributed by atoms with Crippen LogP contribution in [0.1, 0.15) is 34.6 Å². The van der Waals surface area contributed by atoms with Gasteiger partial charge in [-0.25, -0.2) is 4.79 Å². The summed E-state index contributed by atoms with van der Waals surface area (Å²) in [6, 6.07) is -0.579. The monoisotopic (exact) mass is 203 g/mol. The Labute approximate surface area is 85.4 Å². The van der Waals surface area contributed by atoms with Crippen LogP contribution in [0, 0.1) is 5.92 Å². The van der Waals surface area contributed by atoms with E-state index in [4.69, 9.17) is 10.5 Å². The molecule has 0 heterocycles. The molecule has 0 spiro atoms. The van der Waals surface area contributed by atoms with Gasteiger partial charge in [-0.3, -0.25) is 0 Å². The summed E-state index contributed by atoms with van der Waals surface area (Å²) in [6.45, 7) is 8.94. The molecular formula is C10H21NO3. The van der Waals surface area contributed by atoms with Crippen molar-refractivity contribution in [2.45, 2.75) is 52.4 Å². The average Bonchev–Trinajstić information content (AvgIpc) is 1.98. The number of carbonyl (C=O) groups is 1. The maximum Gasteiger partial charge on any atom is 0.337 e. The second kappa shape index (κ2) is 4.75. The Morgan fingerprint density at radius 3 is 2.07 bits per heavy atom. The predicted molar refractivity (Wildman–Crippen MR) is 54.7 cm³/mol. The minimum absolute atomic E-state index is 0.0394. The molecule has 2 atom stereocenters. The van der Waals surface area contributed by atoms with E-state index in [1.54, 1.807) is 20.8 Å². The molecule has 0 unspecified atom stereocenters. The van der Waals surface area contributed by atoms with Crippen molar-refractivity contribution >= 4 is 5.97 Å². The molecule has 3 N–H and O–H groups in total. The first-order valence-electron chi connectivity index (χ1n) is 4.81. The standard InChI is InChI=1S/C10H21NO3/c1-6(2)7(11)8(12)9(13)14-10(3,4)5/h6-8,12H,11H2,1-5H3/t7-,8-/m0/s1. The van der Waals surface area contributed by atoms with Gasteiger partial charge >= 0.3 is 5.97 Å². The van der Waals surface area contributed by atoms with E-state index in [2.05, 4.69) is 0 Å². The third kappa shape index (κ3) is 4.58. The Kier molecular flexibility index (Phi) is 4.55. The maximum absolute atomic E-state index is 11.4. The molecule has 84 valence electrons. The summed E-state index contributed by atoms with van der Waals surface area (Å²) in [5, 5.41) is 9.52. The summed E-state index contributed by atoms with van der Waals surface area (Å²) in [4.78, 5) is 11.4. The molecule has 4 heteroatoms. The van der Waals surface area contributed by atoms with E-state index < -0.39 is 23.7 Å². The van der Waals surface area contributed by atoms with Gasteiger partial charge in [0.1, 0.15) is 5.60 Å². The van der Waals surface area contributed by atoms with Crippen LogP contribution in [0.25, 0.3) is 0 Å². The Hall–Kier alpha value is -0.610. The molecule has 0 fully saturated rings. The van der Waals surface area contributed by atoms with Crippen molar-refractivity contribution in [3.8, 4) is 0 Å². The van der Waals surface area contributed by atoms with Crippen LogP contribution in [-0.4, -0.2) is 28.8 Å². The van der Waals surface area contributed by atoms with Crippen LogP contribution >= 0.6 is 0 Å². The zero-order valence-corrected chi connectivity index (χ0v) is 9.57. The van der Waals surface area contributed by atoms with Crippen molar-refractivity contribution in [2.24, 2.45) is 11.7 Å². The Morgan fingerprint density at radius 1 is 1.36 bits per heavy atom. The van der Waals surface area contributed by atoms with Crippen molar-refractivity contribution < 1.29 is 14.6 Å². The van der Waals surface area contributed by atoms with Gasteiger partial charge in [-0.15, -0.1) is 0 Å². The van der Waals surface area contributed by atoms with E-state index in [1.807, 2.05) is 13.8 Å². The highest BCUT2D eigenvalue weighted by Gasteiger charge is 2.29. The molecule has 0 bridgehead atoms. The third-order valence-electron chi connectivity index (χ3n) is 1.78. The van der Waals surface area contributed by atoms with Crippen LogP contribution in [-0.2, 0) is 9.53 Å². The van der Waals surface area contributed by atoms with Crippen molar-refractivity contribution in [1.29, 1.82) is 0 Å². The number of aliphatic hydroxyl groups is 1. The lowest BCUT2D eigenvalue weighted by atomic mass is 9.99. The Bertz CT molecular complexity index is 196. The predicted octanol–water partition coefficient (Wildman–Crippen LogP) is 0.672. The molecule has 0 aromatic rings. The van der Waals surface area contributed by atoms with E-state index >= 15 is 0 Å². The van der Waals surface area contributed by atoms with Gasteiger partial charge < -0.3 is 15.6 Å². The lowest BCUT2D eigenvalue weighted by molar-refractivity contribution is -0.166. The first-order valence-corrected chi connectivity index (χ1v) is 4.81. The van der Waals surface area contributed by atoms with Crippen molar-refractivity contribution in [1.82, 2.24) is 0 Å². The summed E-state index contributed by atoms with van der Waals surface area (Å²) in [5.41, 5.74) is 5.04. The smallest absolute Gasteiger partial charge is 0.337 e. The average molecular weight is 203 g/mol. The highest BCUT2D eigenvalue weighted by Crippen LogP contribution is 2.11. The molecule has 0 radical (unpaired) electrons. The van der Waals surface area contributed by atoms with Gasteiger partial charge in [0.2, 0.25) is 0 Å². The summed E-state index contributed by atoms with van der Waals surface area (Å²) < 4.78 is 5.00. The zero-order chi connectivity index (χ0) is 11.5. The van der Waals surface area contributed by atoms with Gasteiger partial charge in [-0.05, 0) is 26.7 Å². The molecule has 0 saturated carbocycles. The van der Waals surface area contributed by atoms with Gasteiger partial charge in [0.05, 0.1) is 0 Å².